The van der Waals surface area contributed by atoms with E-state index in [9.17, 15) is 4.79 Å². The normalized spacial score (nSPS) is 9.79. The van der Waals surface area contributed by atoms with E-state index in [0.717, 1.165) is 5.56 Å². The van der Waals surface area contributed by atoms with Crippen LogP contribution in [-0.2, 0) is 16.1 Å². The van der Waals surface area contributed by atoms with Crippen molar-refractivity contribution in [2.24, 2.45) is 0 Å². The highest BCUT2D eigenvalue weighted by Crippen LogP contribution is 1.97. The van der Waals surface area contributed by atoms with Gasteiger partial charge in [-0.15, -0.1) is 0 Å². The maximum Gasteiger partial charge on any atom is 0.321 e. The third-order valence-corrected chi connectivity index (χ3v) is 1.68. The van der Waals surface area contributed by atoms with Crippen LogP contribution in [0.3, 0.4) is 0 Å². The van der Waals surface area contributed by atoms with Crippen LogP contribution in [0.15, 0.2) is 30.3 Å². The van der Waals surface area contributed by atoms with Crippen LogP contribution < -0.4 is 5.32 Å². The summed E-state index contributed by atoms with van der Waals surface area (Å²) in [6.45, 7) is 2.91. The number of benzene rings is 1. The first kappa shape index (κ1) is 10.7. The van der Waals surface area contributed by atoms with Crippen molar-refractivity contribution in [3.63, 3.8) is 0 Å². The lowest BCUT2D eigenvalue weighted by atomic mass is 10.2. The third-order valence-electron chi connectivity index (χ3n) is 1.68. The predicted octanol–water partition coefficient (Wildman–Crippen LogP) is 1.35. The Morgan fingerprint density at radius 3 is 2.71 bits per heavy atom. The van der Waals surface area contributed by atoms with Crippen LogP contribution in [-0.4, -0.2) is 19.1 Å². The van der Waals surface area contributed by atoms with Crippen LogP contribution in [0.25, 0.3) is 0 Å². The van der Waals surface area contributed by atoms with Gasteiger partial charge in [-0.3, -0.25) is 4.79 Å². The van der Waals surface area contributed by atoms with Gasteiger partial charge in [0.1, 0.15) is 6.54 Å². The maximum absolute atomic E-state index is 10.9. The summed E-state index contributed by atoms with van der Waals surface area (Å²) in [6, 6.07) is 9.82. The molecular weight excluding hydrogens is 178 g/mol. The molecule has 3 nitrogen and oxygen atoms in total. The van der Waals surface area contributed by atoms with Gasteiger partial charge in [0.2, 0.25) is 0 Å². The van der Waals surface area contributed by atoms with Crippen molar-refractivity contribution in [3.8, 4) is 0 Å². The number of ether oxygens (including phenoxy) is 1. The number of carbonyl (C=O) groups is 1. The Kier molecular flexibility index (Phi) is 4.72. The average molecular weight is 192 g/mol. The molecule has 0 unspecified atom stereocenters. The summed E-state index contributed by atoms with van der Waals surface area (Å²) in [5, 5.41) is 4.09. The van der Waals surface area contributed by atoms with Crippen molar-refractivity contribution in [2.45, 2.75) is 13.5 Å². The van der Waals surface area contributed by atoms with E-state index in [0.29, 0.717) is 13.2 Å². The Hall–Kier alpha value is -1.35. The van der Waals surface area contributed by atoms with Crippen molar-refractivity contribution >= 4 is 5.97 Å². The van der Waals surface area contributed by atoms with E-state index in [-0.39, 0.29) is 12.5 Å². The van der Waals surface area contributed by atoms with Crippen LogP contribution in [0.4, 0.5) is 0 Å². The zero-order chi connectivity index (χ0) is 10.2. The van der Waals surface area contributed by atoms with Crippen LogP contribution in [0.2, 0.25) is 0 Å². The molecule has 0 atom stereocenters. The molecular formula is C11H14NO2. The second kappa shape index (κ2) is 6.16. The summed E-state index contributed by atoms with van der Waals surface area (Å²) in [7, 11) is 0. The lowest BCUT2D eigenvalue weighted by Gasteiger charge is -2.02. The molecule has 1 radical (unpaired) electrons. The molecule has 0 spiro atoms. The monoisotopic (exact) mass is 192 g/mol. The van der Waals surface area contributed by atoms with Crippen LogP contribution in [0.1, 0.15) is 12.5 Å². The van der Waals surface area contributed by atoms with Gasteiger partial charge in [-0.25, -0.2) is 5.32 Å². The summed E-state index contributed by atoms with van der Waals surface area (Å²) in [4.78, 5) is 10.9. The molecule has 0 amide bonds. The molecule has 0 N–H and O–H groups in total. The van der Waals surface area contributed by atoms with E-state index in [1.54, 1.807) is 6.92 Å². The summed E-state index contributed by atoms with van der Waals surface area (Å²) < 4.78 is 4.75. The van der Waals surface area contributed by atoms with E-state index < -0.39 is 0 Å². The van der Waals surface area contributed by atoms with E-state index in [1.165, 1.54) is 0 Å². The van der Waals surface area contributed by atoms with Gasteiger partial charge in [-0.1, -0.05) is 30.3 Å². The minimum atomic E-state index is -0.261. The largest absolute Gasteiger partial charge is 0.465 e. The summed E-state index contributed by atoms with van der Waals surface area (Å²) in [5.41, 5.74) is 1.11. The van der Waals surface area contributed by atoms with Gasteiger partial charge in [-0.2, -0.15) is 0 Å². The Balaban J connectivity index is 2.19. The SMILES string of the molecule is CCOC(=O)C[N]Cc1ccccc1. The van der Waals surface area contributed by atoms with E-state index >= 15 is 0 Å². The van der Waals surface area contributed by atoms with Gasteiger partial charge in [0.25, 0.3) is 0 Å². The summed E-state index contributed by atoms with van der Waals surface area (Å²) >= 11 is 0. The van der Waals surface area contributed by atoms with E-state index in [2.05, 4.69) is 5.32 Å². The standard InChI is InChI=1S/C11H14NO2/c1-2-14-11(13)9-12-8-10-6-4-3-5-7-10/h3-7H,2,8-9H2,1H3. The van der Waals surface area contributed by atoms with Crippen LogP contribution >= 0.6 is 0 Å². The van der Waals surface area contributed by atoms with Crippen molar-refractivity contribution < 1.29 is 9.53 Å². The van der Waals surface area contributed by atoms with Gasteiger partial charge in [0, 0.05) is 6.54 Å². The average Bonchev–Trinajstić information content (AvgIpc) is 2.20. The molecule has 0 fully saturated rings. The number of carbonyl (C=O) groups excluding carboxylic acids is 1. The summed E-state index contributed by atoms with van der Waals surface area (Å²) in [6.07, 6.45) is 0. The van der Waals surface area contributed by atoms with Gasteiger partial charge < -0.3 is 4.74 Å². The maximum atomic E-state index is 10.9. The molecule has 14 heavy (non-hydrogen) atoms. The Morgan fingerprint density at radius 2 is 2.07 bits per heavy atom. The zero-order valence-electron chi connectivity index (χ0n) is 8.27. The van der Waals surface area contributed by atoms with Crippen LogP contribution in [0.5, 0.6) is 0 Å². The fourth-order valence-electron chi connectivity index (χ4n) is 1.07. The first-order valence-electron chi connectivity index (χ1n) is 4.65. The Bertz CT molecular complexity index is 272. The van der Waals surface area contributed by atoms with E-state index in [4.69, 9.17) is 4.74 Å². The second-order valence-corrected chi connectivity index (χ2v) is 2.83. The summed E-state index contributed by atoms with van der Waals surface area (Å²) in [5.74, 6) is -0.261. The molecule has 3 heteroatoms. The Labute approximate surface area is 84.1 Å². The molecule has 1 aromatic carbocycles. The highest BCUT2D eigenvalue weighted by atomic mass is 16.5. The molecule has 0 aliphatic heterocycles. The zero-order valence-corrected chi connectivity index (χ0v) is 8.27. The fourth-order valence-corrected chi connectivity index (χ4v) is 1.07. The predicted molar refractivity (Wildman–Crippen MR) is 53.8 cm³/mol. The number of rotatable bonds is 5. The van der Waals surface area contributed by atoms with E-state index in [1.807, 2.05) is 30.3 Å². The first-order chi connectivity index (χ1) is 6.83. The number of hydrogen-bond donors (Lipinski definition) is 0. The molecule has 0 aromatic heterocycles. The van der Waals surface area contributed by atoms with Crippen molar-refractivity contribution in [2.75, 3.05) is 13.2 Å². The van der Waals surface area contributed by atoms with Gasteiger partial charge in [0.15, 0.2) is 0 Å². The van der Waals surface area contributed by atoms with Crippen molar-refractivity contribution in [1.29, 1.82) is 0 Å². The molecule has 0 saturated carbocycles. The molecule has 1 aromatic rings. The lowest BCUT2D eigenvalue weighted by Crippen LogP contribution is -2.18. The highest BCUT2D eigenvalue weighted by Gasteiger charge is 2.00. The van der Waals surface area contributed by atoms with Crippen LogP contribution in [0, 0.1) is 0 Å². The molecule has 75 valence electrons. The minimum absolute atomic E-state index is 0.142. The fraction of sp³-hybridized carbons (Fsp3) is 0.364. The highest BCUT2D eigenvalue weighted by molar-refractivity contribution is 5.71. The number of esters is 1. The van der Waals surface area contributed by atoms with Gasteiger partial charge >= 0.3 is 5.97 Å². The second-order valence-electron chi connectivity index (χ2n) is 2.83. The molecule has 0 aliphatic rings. The molecule has 0 bridgehead atoms. The molecule has 0 heterocycles. The molecule has 0 aliphatic carbocycles. The number of hydrogen-bond acceptors (Lipinski definition) is 2. The third kappa shape index (κ3) is 4.05. The smallest absolute Gasteiger partial charge is 0.321 e. The van der Waals surface area contributed by atoms with Gasteiger partial charge in [-0.05, 0) is 12.5 Å². The van der Waals surface area contributed by atoms with Crippen molar-refractivity contribution in [3.05, 3.63) is 35.9 Å². The van der Waals surface area contributed by atoms with Gasteiger partial charge in [0.05, 0.1) is 6.61 Å². The quantitative estimate of drug-likeness (QED) is 0.661. The molecule has 1 rings (SSSR count). The van der Waals surface area contributed by atoms with Crippen molar-refractivity contribution in [1.82, 2.24) is 5.32 Å². The minimum Gasteiger partial charge on any atom is -0.465 e. The lowest BCUT2D eigenvalue weighted by molar-refractivity contribution is -0.142. The molecule has 0 saturated heterocycles. The number of nitrogens with zero attached hydrogens (tertiary/aromatic N) is 1. The first-order valence-corrected chi connectivity index (χ1v) is 4.65. The topological polar surface area (TPSA) is 40.4 Å². The Morgan fingerprint density at radius 1 is 1.36 bits per heavy atom.